The van der Waals surface area contributed by atoms with Crippen molar-refractivity contribution in [3.63, 3.8) is 0 Å². The van der Waals surface area contributed by atoms with E-state index < -0.39 is 16.1 Å². The van der Waals surface area contributed by atoms with Gasteiger partial charge in [0.1, 0.15) is 5.75 Å². The molecule has 1 saturated carbocycles. The zero-order valence-electron chi connectivity index (χ0n) is 27.7. The Morgan fingerprint density at radius 1 is 1.04 bits per heavy atom. The van der Waals surface area contributed by atoms with Crippen molar-refractivity contribution in [1.82, 2.24) is 9.80 Å². The first-order valence-corrected chi connectivity index (χ1v) is 18.2. The zero-order valence-corrected chi connectivity index (χ0v) is 28.5. The van der Waals surface area contributed by atoms with Crippen LogP contribution in [0, 0.1) is 11.8 Å². The second-order valence-corrected chi connectivity index (χ2v) is 14.7. The molecule has 1 fully saturated rings. The van der Waals surface area contributed by atoms with Gasteiger partial charge in [-0.25, -0.2) is 8.42 Å². The van der Waals surface area contributed by atoms with Gasteiger partial charge in [-0.05, 0) is 76.3 Å². The molecule has 2 aromatic rings. The number of carbonyl (C=O) groups excluding carboxylic acids is 2. The molecule has 2 N–H and O–H groups in total. The lowest BCUT2D eigenvalue weighted by molar-refractivity contribution is -0.137. The average molecular weight is 658 g/mol. The standard InChI is InChI=1S/C35H51N3O7S/c1-25-22-38(26(2)24-39)35(41)31-21-29(36-46(42,43)30-16-9-6-10-17-30)18-19-32(31)45-27(3)13-11-12-20-44-33(25)23-37(4)34(40)28-14-7-5-8-15-28/h6,9-10,16-19,21,25-28,33,36,39H,5,7-8,11-15,20,22-24H2,1-4H3/t25-,26+,27-,33-/m0/s1. The van der Waals surface area contributed by atoms with Gasteiger partial charge in [0.25, 0.3) is 15.9 Å². The number of rotatable bonds is 8. The Morgan fingerprint density at radius 2 is 1.74 bits per heavy atom. The Labute approximate surface area is 274 Å². The maximum atomic E-state index is 14.3. The Bertz CT molecular complexity index is 1400. The van der Waals surface area contributed by atoms with E-state index in [1.165, 1.54) is 24.6 Å². The fourth-order valence-electron chi connectivity index (χ4n) is 6.28. The molecule has 2 aliphatic rings. The molecule has 10 nitrogen and oxygen atoms in total. The Balaban J connectivity index is 1.63. The average Bonchev–Trinajstić information content (AvgIpc) is 3.06. The molecule has 1 aliphatic heterocycles. The van der Waals surface area contributed by atoms with Crippen LogP contribution in [0.5, 0.6) is 5.75 Å². The van der Waals surface area contributed by atoms with Gasteiger partial charge in [-0.1, -0.05) is 44.4 Å². The lowest BCUT2D eigenvalue weighted by Crippen LogP contribution is -2.48. The molecular formula is C35H51N3O7S. The number of aliphatic hydroxyl groups excluding tert-OH is 1. The van der Waals surface area contributed by atoms with Crippen molar-refractivity contribution in [2.75, 3.05) is 38.1 Å². The molecule has 2 amide bonds. The second-order valence-electron chi connectivity index (χ2n) is 13.0. The highest BCUT2D eigenvalue weighted by Gasteiger charge is 2.32. The third-order valence-corrected chi connectivity index (χ3v) is 10.5. The number of anilines is 1. The predicted molar refractivity (Wildman–Crippen MR) is 178 cm³/mol. The number of aliphatic hydroxyl groups is 1. The van der Waals surface area contributed by atoms with Crippen LogP contribution in [-0.4, -0.2) is 86.7 Å². The Morgan fingerprint density at radius 3 is 2.43 bits per heavy atom. The topological polar surface area (TPSA) is 125 Å². The van der Waals surface area contributed by atoms with Crippen molar-refractivity contribution >= 4 is 27.5 Å². The highest BCUT2D eigenvalue weighted by molar-refractivity contribution is 7.92. The van der Waals surface area contributed by atoms with Gasteiger partial charge in [-0.3, -0.25) is 14.3 Å². The summed E-state index contributed by atoms with van der Waals surface area (Å²) in [4.78, 5) is 31.1. The summed E-state index contributed by atoms with van der Waals surface area (Å²) >= 11 is 0. The van der Waals surface area contributed by atoms with Crippen LogP contribution in [0.4, 0.5) is 5.69 Å². The third-order valence-electron chi connectivity index (χ3n) is 9.14. The number of hydrogen-bond donors (Lipinski definition) is 2. The van der Waals surface area contributed by atoms with Crippen molar-refractivity contribution in [3.05, 3.63) is 54.1 Å². The summed E-state index contributed by atoms with van der Waals surface area (Å²) in [7, 11) is -2.06. The van der Waals surface area contributed by atoms with Gasteiger partial charge in [0, 0.05) is 44.3 Å². The molecule has 254 valence electrons. The van der Waals surface area contributed by atoms with Crippen LogP contribution in [0.15, 0.2) is 53.4 Å². The van der Waals surface area contributed by atoms with E-state index in [0.29, 0.717) is 18.9 Å². The number of ether oxygens (including phenoxy) is 2. The number of fused-ring (bicyclic) bond motifs is 1. The first kappa shape index (κ1) is 35.7. The summed E-state index contributed by atoms with van der Waals surface area (Å²) in [6, 6.07) is 12.2. The van der Waals surface area contributed by atoms with Crippen molar-refractivity contribution in [1.29, 1.82) is 0 Å². The molecule has 2 aromatic carbocycles. The highest BCUT2D eigenvalue weighted by Crippen LogP contribution is 2.30. The van der Waals surface area contributed by atoms with E-state index in [9.17, 15) is 23.1 Å². The van der Waals surface area contributed by atoms with E-state index in [1.807, 2.05) is 20.9 Å². The molecule has 1 aliphatic carbocycles. The van der Waals surface area contributed by atoms with Crippen LogP contribution in [0.1, 0.15) is 82.5 Å². The van der Waals surface area contributed by atoms with Crippen molar-refractivity contribution < 1.29 is 32.6 Å². The minimum atomic E-state index is -3.90. The Hall–Kier alpha value is -3.15. The van der Waals surface area contributed by atoms with E-state index in [4.69, 9.17) is 9.47 Å². The third kappa shape index (κ3) is 9.45. The molecule has 0 radical (unpaired) electrons. The van der Waals surface area contributed by atoms with Crippen molar-refractivity contribution in [3.8, 4) is 5.75 Å². The summed E-state index contributed by atoms with van der Waals surface area (Å²) in [5.41, 5.74) is 0.425. The fraction of sp³-hybridized carbons (Fsp3) is 0.600. The first-order valence-electron chi connectivity index (χ1n) is 16.7. The molecule has 1 heterocycles. The van der Waals surface area contributed by atoms with Crippen molar-refractivity contribution in [2.24, 2.45) is 11.8 Å². The maximum Gasteiger partial charge on any atom is 0.261 e. The van der Waals surface area contributed by atoms with E-state index in [2.05, 4.69) is 4.72 Å². The van der Waals surface area contributed by atoms with Crippen LogP contribution in [0.25, 0.3) is 0 Å². The van der Waals surface area contributed by atoms with Crippen LogP contribution >= 0.6 is 0 Å². The van der Waals surface area contributed by atoms with E-state index in [-0.39, 0.29) is 65.2 Å². The molecule has 46 heavy (non-hydrogen) atoms. The van der Waals surface area contributed by atoms with Crippen LogP contribution in [0.3, 0.4) is 0 Å². The number of carbonyl (C=O) groups is 2. The number of likely N-dealkylation sites (N-methyl/N-ethyl adjacent to an activating group) is 1. The summed E-state index contributed by atoms with van der Waals surface area (Å²) < 4.78 is 41.5. The molecule has 0 spiro atoms. The van der Waals surface area contributed by atoms with E-state index >= 15 is 0 Å². The number of sulfonamides is 1. The zero-order chi connectivity index (χ0) is 33.3. The quantitative estimate of drug-likeness (QED) is 0.394. The molecule has 4 rings (SSSR count). The van der Waals surface area contributed by atoms with Gasteiger partial charge in [0.05, 0.1) is 35.3 Å². The molecule has 0 unspecified atom stereocenters. The lowest BCUT2D eigenvalue weighted by atomic mass is 9.88. The fourth-order valence-corrected chi connectivity index (χ4v) is 7.35. The smallest absolute Gasteiger partial charge is 0.261 e. The highest BCUT2D eigenvalue weighted by atomic mass is 32.2. The number of amides is 2. The normalized spacial score (nSPS) is 23.0. The van der Waals surface area contributed by atoms with Crippen LogP contribution in [-0.2, 0) is 19.6 Å². The van der Waals surface area contributed by atoms with Gasteiger partial charge in [0.2, 0.25) is 5.91 Å². The monoisotopic (exact) mass is 657 g/mol. The largest absolute Gasteiger partial charge is 0.490 e. The minimum absolute atomic E-state index is 0.0477. The number of benzene rings is 2. The summed E-state index contributed by atoms with van der Waals surface area (Å²) in [6.45, 7) is 6.64. The van der Waals surface area contributed by atoms with Crippen LogP contribution in [0.2, 0.25) is 0 Å². The maximum absolute atomic E-state index is 14.3. The van der Waals surface area contributed by atoms with E-state index in [0.717, 1.165) is 44.9 Å². The van der Waals surface area contributed by atoms with Gasteiger partial charge in [-0.2, -0.15) is 0 Å². The first-order chi connectivity index (χ1) is 22.0. The minimum Gasteiger partial charge on any atom is -0.490 e. The summed E-state index contributed by atoms with van der Waals surface area (Å²) in [6.07, 6.45) is 7.05. The Kier molecular flexibility index (Phi) is 12.9. The second kappa shape index (κ2) is 16.6. The molecule has 0 bridgehead atoms. The number of nitrogens with zero attached hydrogens (tertiary/aromatic N) is 2. The van der Waals surface area contributed by atoms with Gasteiger partial charge >= 0.3 is 0 Å². The number of nitrogens with one attached hydrogen (secondary N) is 1. The lowest BCUT2D eigenvalue weighted by Gasteiger charge is -2.36. The molecule has 0 saturated heterocycles. The van der Waals surface area contributed by atoms with Crippen LogP contribution < -0.4 is 9.46 Å². The van der Waals surface area contributed by atoms with Gasteiger partial charge < -0.3 is 24.4 Å². The van der Waals surface area contributed by atoms with Gasteiger partial charge in [0.15, 0.2) is 0 Å². The summed E-state index contributed by atoms with van der Waals surface area (Å²) in [5, 5.41) is 10.2. The molecule has 4 atom stereocenters. The summed E-state index contributed by atoms with van der Waals surface area (Å²) in [5.74, 6) is -0.0153. The van der Waals surface area contributed by atoms with Gasteiger partial charge in [-0.15, -0.1) is 0 Å². The van der Waals surface area contributed by atoms with Crippen molar-refractivity contribution in [2.45, 2.75) is 95.3 Å². The molecule has 0 aromatic heterocycles. The van der Waals surface area contributed by atoms with E-state index in [1.54, 1.807) is 47.1 Å². The molecular weight excluding hydrogens is 606 g/mol. The predicted octanol–water partition coefficient (Wildman–Crippen LogP) is 5.32. The SMILES string of the molecule is C[C@H](CO)N1C[C@H](C)[C@H](CN(C)C(=O)C2CCCCC2)OCCCC[C@H](C)Oc2ccc(NS(=O)(=O)c3ccccc3)cc2C1=O. The number of hydrogen-bond acceptors (Lipinski definition) is 7. The molecule has 11 heteroatoms.